The molecule has 0 saturated carbocycles. The lowest BCUT2D eigenvalue weighted by Gasteiger charge is -2.36. The molecule has 1 aromatic heterocycles. The standard InChI is InChI=1S/C20H25N3O2S/c1-14(16-4-3-15-7-10-24-19(15)11-16)23-8-5-17(6-9-23)25-20-21-12-18(26-2)13-22-20/h3-4,11-14,17H,5-10H2,1-2H3. The molecule has 0 radical (unpaired) electrons. The zero-order chi connectivity index (χ0) is 17.9. The van der Waals surface area contributed by atoms with Crippen LogP contribution in [0, 0.1) is 0 Å². The summed E-state index contributed by atoms with van der Waals surface area (Å²) in [5, 5.41) is 0. The van der Waals surface area contributed by atoms with Gasteiger partial charge < -0.3 is 9.47 Å². The van der Waals surface area contributed by atoms with E-state index in [0.717, 1.165) is 49.6 Å². The van der Waals surface area contributed by atoms with Gasteiger partial charge in [-0.25, -0.2) is 9.97 Å². The van der Waals surface area contributed by atoms with Gasteiger partial charge in [-0.05, 0) is 43.2 Å². The van der Waals surface area contributed by atoms with Crippen molar-refractivity contribution >= 4 is 11.8 Å². The van der Waals surface area contributed by atoms with Gasteiger partial charge in [-0.15, -0.1) is 11.8 Å². The van der Waals surface area contributed by atoms with Crippen molar-refractivity contribution in [2.24, 2.45) is 0 Å². The molecule has 1 unspecified atom stereocenters. The van der Waals surface area contributed by atoms with E-state index in [0.29, 0.717) is 12.1 Å². The zero-order valence-electron chi connectivity index (χ0n) is 15.4. The number of hydrogen-bond acceptors (Lipinski definition) is 6. The van der Waals surface area contributed by atoms with E-state index in [1.165, 1.54) is 11.1 Å². The molecule has 4 rings (SSSR count). The molecule has 0 bridgehead atoms. The Morgan fingerprint density at radius 2 is 2.00 bits per heavy atom. The summed E-state index contributed by atoms with van der Waals surface area (Å²) in [5.41, 5.74) is 2.67. The minimum atomic E-state index is 0.196. The first kappa shape index (κ1) is 17.6. The second-order valence-electron chi connectivity index (χ2n) is 6.90. The SMILES string of the molecule is CSc1cnc(OC2CCN(C(C)c3ccc4c(c3)OCC4)CC2)nc1. The summed E-state index contributed by atoms with van der Waals surface area (Å²) in [5.74, 6) is 1.07. The van der Waals surface area contributed by atoms with Gasteiger partial charge in [0.15, 0.2) is 0 Å². The quantitative estimate of drug-likeness (QED) is 0.746. The summed E-state index contributed by atoms with van der Waals surface area (Å²) in [4.78, 5) is 12.2. The third-order valence-corrected chi connectivity index (χ3v) is 6.02. The molecular formula is C20H25N3O2S. The van der Waals surface area contributed by atoms with Gasteiger partial charge in [-0.2, -0.15) is 0 Å². The van der Waals surface area contributed by atoms with E-state index in [2.05, 4.69) is 40.0 Å². The fraction of sp³-hybridized carbons (Fsp3) is 0.500. The monoisotopic (exact) mass is 371 g/mol. The number of likely N-dealkylation sites (tertiary alicyclic amines) is 1. The lowest BCUT2D eigenvalue weighted by molar-refractivity contribution is 0.0734. The summed E-state index contributed by atoms with van der Waals surface area (Å²) in [6.45, 7) is 5.14. The Balaban J connectivity index is 1.32. The van der Waals surface area contributed by atoms with Crippen LogP contribution in [0.25, 0.3) is 0 Å². The molecule has 138 valence electrons. The first-order valence-electron chi connectivity index (χ1n) is 9.25. The van der Waals surface area contributed by atoms with Crippen LogP contribution in [0.2, 0.25) is 0 Å². The van der Waals surface area contributed by atoms with Crippen molar-refractivity contribution in [2.75, 3.05) is 26.0 Å². The summed E-state index contributed by atoms with van der Waals surface area (Å²) < 4.78 is 11.7. The molecule has 26 heavy (non-hydrogen) atoms. The fourth-order valence-electron chi connectivity index (χ4n) is 3.65. The van der Waals surface area contributed by atoms with E-state index in [4.69, 9.17) is 9.47 Å². The Morgan fingerprint density at radius 1 is 1.23 bits per heavy atom. The van der Waals surface area contributed by atoms with Crippen molar-refractivity contribution in [2.45, 2.75) is 43.2 Å². The van der Waals surface area contributed by atoms with Gasteiger partial charge in [0, 0.05) is 42.8 Å². The third-order valence-electron chi connectivity index (χ3n) is 5.34. The summed E-state index contributed by atoms with van der Waals surface area (Å²) in [7, 11) is 0. The number of ether oxygens (including phenoxy) is 2. The molecule has 1 fully saturated rings. The highest BCUT2D eigenvalue weighted by Gasteiger charge is 2.26. The molecular weight excluding hydrogens is 346 g/mol. The Hall–Kier alpha value is -1.79. The maximum atomic E-state index is 5.97. The number of fused-ring (bicyclic) bond motifs is 1. The lowest BCUT2D eigenvalue weighted by Crippen LogP contribution is -2.39. The number of thioether (sulfide) groups is 1. The maximum Gasteiger partial charge on any atom is 0.316 e. The number of piperidine rings is 1. The molecule has 1 saturated heterocycles. The highest BCUT2D eigenvalue weighted by atomic mass is 32.2. The second kappa shape index (κ2) is 7.84. The molecule has 2 aliphatic heterocycles. The van der Waals surface area contributed by atoms with Crippen molar-refractivity contribution in [1.82, 2.24) is 14.9 Å². The molecule has 1 aromatic carbocycles. The normalized spacial score (nSPS) is 19.0. The maximum absolute atomic E-state index is 5.97. The lowest BCUT2D eigenvalue weighted by atomic mass is 10.00. The van der Waals surface area contributed by atoms with Gasteiger partial charge in [0.25, 0.3) is 0 Å². The van der Waals surface area contributed by atoms with Gasteiger partial charge in [0.2, 0.25) is 0 Å². The Kier molecular flexibility index (Phi) is 5.31. The Morgan fingerprint density at radius 3 is 2.73 bits per heavy atom. The third kappa shape index (κ3) is 3.81. The average Bonchev–Trinajstić information content (AvgIpc) is 3.16. The van der Waals surface area contributed by atoms with E-state index in [9.17, 15) is 0 Å². The van der Waals surface area contributed by atoms with Crippen LogP contribution in [0.5, 0.6) is 11.8 Å². The minimum Gasteiger partial charge on any atom is -0.493 e. The van der Waals surface area contributed by atoms with Gasteiger partial charge in [-0.1, -0.05) is 12.1 Å². The molecule has 0 spiro atoms. The van der Waals surface area contributed by atoms with E-state index in [-0.39, 0.29) is 6.10 Å². The fourth-order valence-corrected chi connectivity index (χ4v) is 3.97. The van der Waals surface area contributed by atoms with Crippen LogP contribution in [0.3, 0.4) is 0 Å². The average molecular weight is 372 g/mol. The van der Waals surface area contributed by atoms with E-state index >= 15 is 0 Å². The van der Waals surface area contributed by atoms with Crippen LogP contribution in [0.4, 0.5) is 0 Å². The molecule has 1 atom stereocenters. The van der Waals surface area contributed by atoms with Crippen LogP contribution in [-0.2, 0) is 6.42 Å². The number of nitrogens with zero attached hydrogens (tertiary/aromatic N) is 3. The number of aromatic nitrogens is 2. The second-order valence-corrected chi connectivity index (χ2v) is 7.78. The number of hydrogen-bond donors (Lipinski definition) is 0. The summed E-state index contributed by atoms with van der Waals surface area (Å²) in [6.07, 6.45) is 8.89. The van der Waals surface area contributed by atoms with Gasteiger partial charge in [0.1, 0.15) is 11.9 Å². The molecule has 0 aliphatic carbocycles. The Labute approximate surface area is 159 Å². The van der Waals surface area contributed by atoms with Crippen molar-refractivity contribution in [3.8, 4) is 11.8 Å². The molecule has 3 heterocycles. The molecule has 2 aromatic rings. The first-order chi connectivity index (χ1) is 12.7. The molecule has 0 N–H and O–H groups in total. The highest BCUT2D eigenvalue weighted by Crippen LogP contribution is 2.32. The van der Waals surface area contributed by atoms with Crippen LogP contribution in [-0.4, -0.2) is 46.9 Å². The van der Waals surface area contributed by atoms with Gasteiger partial charge in [-0.3, -0.25) is 4.90 Å². The van der Waals surface area contributed by atoms with Crippen LogP contribution < -0.4 is 9.47 Å². The zero-order valence-corrected chi connectivity index (χ0v) is 16.2. The van der Waals surface area contributed by atoms with Gasteiger partial charge >= 0.3 is 6.01 Å². The van der Waals surface area contributed by atoms with Crippen molar-refractivity contribution < 1.29 is 9.47 Å². The smallest absolute Gasteiger partial charge is 0.316 e. The highest BCUT2D eigenvalue weighted by molar-refractivity contribution is 7.98. The van der Waals surface area contributed by atoms with Crippen LogP contribution >= 0.6 is 11.8 Å². The van der Waals surface area contributed by atoms with E-state index < -0.39 is 0 Å². The molecule has 6 heteroatoms. The van der Waals surface area contributed by atoms with Gasteiger partial charge in [0.05, 0.1) is 6.61 Å². The van der Waals surface area contributed by atoms with Crippen molar-refractivity contribution in [3.05, 3.63) is 41.7 Å². The summed E-state index contributed by atoms with van der Waals surface area (Å²) in [6, 6.07) is 7.57. The van der Waals surface area contributed by atoms with Crippen LogP contribution in [0.1, 0.15) is 36.9 Å². The van der Waals surface area contributed by atoms with E-state index in [1.807, 2.05) is 18.6 Å². The van der Waals surface area contributed by atoms with Crippen molar-refractivity contribution in [1.29, 1.82) is 0 Å². The van der Waals surface area contributed by atoms with E-state index in [1.54, 1.807) is 11.8 Å². The topological polar surface area (TPSA) is 47.5 Å². The largest absolute Gasteiger partial charge is 0.493 e. The predicted molar refractivity (Wildman–Crippen MR) is 103 cm³/mol. The molecule has 0 amide bonds. The van der Waals surface area contributed by atoms with Crippen LogP contribution in [0.15, 0.2) is 35.5 Å². The molecule has 5 nitrogen and oxygen atoms in total. The first-order valence-corrected chi connectivity index (χ1v) is 10.5. The van der Waals surface area contributed by atoms with Crippen molar-refractivity contribution in [3.63, 3.8) is 0 Å². The number of rotatable bonds is 5. The molecule has 2 aliphatic rings. The summed E-state index contributed by atoms with van der Waals surface area (Å²) >= 11 is 1.64. The number of benzene rings is 1. The predicted octanol–water partition coefficient (Wildman–Crippen LogP) is 3.74. The Bertz CT molecular complexity index is 745. The minimum absolute atomic E-state index is 0.196.